The molecular weight excluding hydrogens is 202 g/mol. The first-order valence-electron chi connectivity index (χ1n) is 6.43. The Hall–Kier alpha value is -0.120. The van der Waals surface area contributed by atoms with Crippen LogP contribution in [0.15, 0.2) is 0 Å². The zero-order valence-corrected chi connectivity index (χ0v) is 11.2. The van der Waals surface area contributed by atoms with Crippen LogP contribution in [-0.2, 0) is 9.47 Å². The number of nitrogens with one attached hydrogen (secondary N) is 1. The first kappa shape index (κ1) is 13.9. The predicted molar refractivity (Wildman–Crippen MR) is 66.8 cm³/mol. The van der Waals surface area contributed by atoms with Gasteiger partial charge in [-0.2, -0.15) is 0 Å². The van der Waals surface area contributed by atoms with Crippen molar-refractivity contribution >= 4 is 0 Å². The van der Waals surface area contributed by atoms with Gasteiger partial charge in [0.25, 0.3) is 0 Å². The summed E-state index contributed by atoms with van der Waals surface area (Å²) < 4.78 is 11.1. The molecule has 1 heterocycles. The van der Waals surface area contributed by atoms with E-state index in [-0.39, 0.29) is 5.60 Å². The summed E-state index contributed by atoms with van der Waals surface area (Å²) in [5.41, 5.74) is -0.0418. The Bertz CT molecular complexity index is 188. The summed E-state index contributed by atoms with van der Waals surface area (Å²) in [6, 6.07) is 0.473. The lowest BCUT2D eigenvalue weighted by Crippen LogP contribution is -2.40. The molecule has 3 nitrogen and oxygen atoms in total. The first-order valence-corrected chi connectivity index (χ1v) is 6.43. The summed E-state index contributed by atoms with van der Waals surface area (Å²) in [6.07, 6.45) is 5.18. The highest BCUT2D eigenvalue weighted by atomic mass is 16.5. The molecule has 1 rings (SSSR count). The number of ether oxygens (including phenoxy) is 2. The molecule has 0 aromatic heterocycles. The highest BCUT2D eigenvalue weighted by molar-refractivity contribution is 4.77. The highest BCUT2D eigenvalue weighted by Crippen LogP contribution is 2.16. The van der Waals surface area contributed by atoms with Crippen LogP contribution in [0.4, 0.5) is 0 Å². The molecule has 96 valence electrons. The monoisotopic (exact) mass is 229 g/mol. The van der Waals surface area contributed by atoms with Gasteiger partial charge in [-0.15, -0.1) is 0 Å². The Morgan fingerprint density at radius 3 is 2.75 bits per heavy atom. The first-order chi connectivity index (χ1) is 7.53. The van der Waals surface area contributed by atoms with Crippen molar-refractivity contribution < 1.29 is 9.47 Å². The normalized spacial score (nSPS) is 24.4. The summed E-state index contributed by atoms with van der Waals surface area (Å²) >= 11 is 0. The van der Waals surface area contributed by atoms with E-state index in [2.05, 4.69) is 26.1 Å². The van der Waals surface area contributed by atoms with Crippen LogP contribution >= 0.6 is 0 Å². The van der Waals surface area contributed by atoms with Crippen LogP contribution in [0.25, 0.3) is 0 Å². The van der Waals surface area contributed by atoms with Crippen molar-refractivity contribution in [1.82, 2.24) is 5.32 Å². The van der Waals surface area contributed by atoms with Crippen molar-refractivity contribution in [3.8, 4) is 0 Å². The van der Waals surface area contributed by atoms with Crippen molar-refractivity contribution in [1.29, 1.82) is 0 Å². The Kier molecular flexibility index (Phi) is 5.73. The van der Waals surface area contributed by atoms with Gasteiger partial charge in [-0.1, -0.05) is 0 Å². The van der Waals surface area contributed by atoms with E-state index in [0.29, 0.717) is 12.1 Å². The van der Waals surface area contributed by atoms with Gasteiger partial charge >= 0.3 is 0 Å². The third-order valence-electron chi connectivity index (χ3n) is 3.32. The van der Waals surface area contributed by atoms with Crippen molar-refractivity contribution in [3.05, 3.63) is 0 Å². The van der Waals surface area contributed by atoms with E-state index in [1.165, 1.54) is 19.3 Å². The second-order valence-electron chi connectivity index (χ2n) is 5.47. The predicted octanol–water partition coefficient (Wildman–Crippen LogP) is 2.35. The third kappa shape index (κ3) is 5.28. The molecule has 2 unspecified atom stereocenters. The van der Waals surface area contributed by atoms with E-state index in [1.54, 1.807) is 7.11 Å². The quantitative estimate of drug-likeness (QED) is 0.758. The highest BCUT2D eigenvalue weighted by Gasteiger charge is 2.21. The Morgan fingerprint density at radius 2 is 2.19 bits per heavy atom. The average molecular weight is 229 g/mol. The minimum Gasteiger partial charge on any atom is -0.379 e. The van der Waals surface area contributed by atoms with E-state index >= 15 is 0 Å². The van der Waals surface area contributed by atoms with Crippen LogP contribution in [0.5, 0.6) is 0 Å². The SMILES string of the molecule is COC(C)(C)CC(C)NCC1CCCCO1. The summed E-state index contributed by atoms with van der Waals surface area (Å²) in [5, 5.41) is 3.54. The topological polar surface area (TPSA) is 30.5 Å². The average Bonchev–Trinajstić information content (AvgIpc) is 2.27. The van der Waals surface area contributed by atoms with Crippen molar-refractivity contribution in [2.75, 3.05) is 20.3 Å². The molecule has 1 aliphatic heterocycles. The summed E-state index contributed by atoms with van der Waals surface area (Å²) in [6.45, 7) is 8.37. The minimum atomic E-state index is -0.0418. The zero-order chi connectivity index (χ0) is 12.0. The van der Waals surface area contributed by atoms with Gasteiger partial charge in [-0.05, 0) is 46.5 Å². The standard InChI is InChI=1S/C13H27NO2/c1-11(9-13(2,3)15-4)14-10-12-7-5-6-8-16-12/h11-12,14H,5-10H2,1-4H3. The maximum absolute atomic E-state index is 5.69. The number of methoxy groups -OCH3 is 1. The van der Waals surface area contributed by atoms with Crippen molar-refractivity contribution in [2.24, 2.45) is 0 Å². The maximum atomic E-state index is 5.69. The van der Waals surface area contributed by atoms with Crippen LogP contribution in [-0.4, -0.2) is 38.0 Å². The van der Waals surface area contributed by atoms with Crippen LogP contribution in [0.3, 0.4) is 0 Å². The summed E-state index contributed by atoms with van der Waals surface area (Å²) in [4.78, 5) is 0. The molecule has 1 saturated heterocycles. The molecule has 16 heavy (non-hydrogen) atoms. The van der Waals surface area contributed by atoms with E-state index in [0.717, 1.165) is 19.6 Å². The fraction of sp³-hybridized carbons (Fsp3) is 1.00. The fourth-order valence-corrected chi connectivity index (χ4v) is 2.19. The molecule has 0 aromatic rings. The van der Waals surface area contributed by atoms with Crippen molar-refractivity contribution in [3.63, 3.8) is 0 Å². The molecule has 0 aliphatic carbocycles. The van der Waals surface area contributed by atoms with Crippen molar-refractivity contribution in [2.45, 2.75) is 64.2 Å². The maximum Gasteiger partial charge on any atom is 0.0699 e. The molecule has 0 aromatic carbocycles. The van der Waals surface area contributed by atoms with E-state index in [1.807, 2.05) is 0 Å². The third-order valence-corrected chi connectivity index (χ3v) is 3.32. The molecule has 1 N–H and O–H groups in total. The Labute approximate surface area is 99.9 Å². The number of rotatable bonds is 6. The van der Waals surface area contributed by atoms with Crippen LogP contribution in [0.2, 0.25) is 0 Å². The zero-order valence-electron chi connectivity index (χ0n) is 11.2. The second-order valence-corrected chi connectivity index (χ2v) is 5.47. The van der Waals surface area contributed by atoms with E-state index in [4.69, 9.17) is 9.47 Å². The van der Waals surface area contributed by atoms with Gasteiger partial charge in [-0.25, -0.2) is 0 Å². The fourth-order valence-electron chi connectivity index (χ4n) is 2.19. The van der Waals surface area contributed by atoms with Gasteiger partial charge in [0, 0.05) is 26.3 Å². The van der Waals surface area contributed by atoms with E-state index in [9.17, 15) is 0 Å². The second kappa shape index (κ2) is 6.58. The van der Waals surface area contributed by atoms with Gasteiger partial charge in [0.1, 0.15) is 0 Å². The molecule has 0 saturated carbocycles. The van der Waals surface area contributed by atoms with Crippen LogP contribution in [0.1, 0.15) is 46.5 Å². The molecule has 2 atom stereocenters. The lowest BCUT2D eigenvalue weighted by Gasteiger charge is -2.29. The van der Waals surface area contributed by atoms with Gasteiger partial charge in [-0.3, -0.25) is 0 Å². The molecule has 1 aliphatic rings. The Balaban J connectivity index is 2.16. The van der Waals surface area contributed by atoms with E-state index < -0.39 is 0 Å². The molecular formula is C13H27NO2. The number of hydrogen-bond acceptors (Lipinski definition) is 3. The molecule has 0 radical (unpaired) electrons. The molecule has 0 spiro atoms. The molecule has 3 heteroatoms. The summed E-state index contributed by atoms with van der Waals surface area (Å²) in [5.74, 6) is 0. The summed E-state index contributed by atoms with van der Waals surface area (Å²) in [7, 11) is 1.77. The Morgan fingerprint density at radius 1 is 1.44 bits per heavy atom. The number of hydrogen-bond donors (Lipinski definition) is 1. The lowest BCUT2D eigenvalue weighted by molar-refractivity contribution is -0.000685. The molecule has 1 fully saturated rings. The van der Waals surface area contributed by atoms with Gasteiger partial charge in [0.2, 0.25) is 0 Å². The van der Waals surface area contributed by atoms with Crippen LogP contribution in [0, 0.1) is 0 Å². The van der Waals surface area contributed by atoms with Gasteiger partial charge in [0.15, 0.2) is 0 Å². The van der Waals surface area contributed by atoms with Gasteiger partial charge < -0.3 is 14.8 Å². The largest absolute Gasteiger partial charge is 0.379 e. The minimum absolute atomic E-state index is 0.0418. The molecule has 0 bridgehead atoms. The molecule has 0 amide bonds. The van der Waals surface area contributed by atoms with Crippen LogP contribution < -0.4 is 5.32 Å². The lowest BCUT2D eigenvalue weighted by atomic mass is 9.99. The smallest absolute Gasteiger partial charge is 0.0699 e. The van der Waals surface area contributed by atoms with Gasteiger partial charge in [0.05, 0.1) is 11.7 Å².